The van der Waals surface area contributed by atoms with E-state index in [4.69, 9.17) is 23.2 Å². The van der Waals surface area contributed by atoms with Gasteiger partial charge in [-0.3, -0.25) is 4.79 Å². The quantitative estimate of drug-likeness (QED) is 0.812. The van der Waals surface area contributed by atoms with Crippen molar-refractivity contribution in [2.45, 2.75) is 12.3 Å². The summed E-state index contributed by atoms with van der Waals surface area (Å²) in [6.07, 6.45) is 0. The zero-order valence-corrected chi connectivity index (χ0v) is 13.9. The topological polar surface area (TPSA) is 29.1 Å². The van der Waals surface area contributed by atoms with Gasteiger partial charge in [-0.15, -0.1) is 11.8 Å². The van der Waals surface area contributed by atoms with Crippen molar-refractivity contribution >= 4 is 40.9 Å². The molecule has 0 heterocycles. The number of amides is 1. The summed E-state index contributed by atoms with van der Waals surface area (Å²) in [4.78, 5) is 11.8. The minimum Gasteiger partial charge on any atom is -0.351 e. The third kappa shape index (κ3) is 5.20. The minimum atomic E-state index is -0.346. The first-order valence-electron chi connectivity index (χ1n) is 6.58. The number of benzene rings is 2. The SMILES string of the molecule is O=C(CSCc1c(F)cccc1Cl)NCc1ccc(Cl)cc1. The summed E-state index contributed by atoms with van der Waals surface area (Å²) in [5, 5.41) is 3.85. The van der Waals surface area contributed by atoms with Crippen LogP contribution in [0.3, 0.4) is 0 Å². The molecular formula is C16H14Cl2FNOS. The molecule has 22 heavy (non-hydrogen) atoms. The van der Waals surface area contributed by atoms with Crippen molar-refractivity contribution in [3.05, 3.63) is 69.5 Å². The maximum absolute atomic E-state index is 13.6. The maximum atomic E-state index is 13.6. The molecule has 2 rings (SSSR count). The highest BCUT2D eigenvalue weighted by atomic mass is 35.5. The van der Waals surface area contributed by atoms with Crippen molar-refractivity contribution < 1.29 is 9.18 Å². The summed E-state index contributed by atoms with van der Waals surface area (Å²) >= 11 is 13.1. The molecule has 0 unspecified atom stereocenters. The summed E-state index contributed by atoms with van der Waals surface area (Å²) in [5.74, 6) is 0.159. The van der Waals surface area contributed by atoms with Crippen LogP contribution in [0, 0.1) is 5.82 Å². The lowest BCUT2D eigenvalue weighted by Gasteiger charge is -2.07. The number of thioether (sulfide) groups is 1. The number of hydrogen-bond acceptors (Lipinski definition) is 2. The second-order valence-electron chi connectivity index (χ2n) is 4.60. The van der Waals surface area contributed by atoms with E-state index in [1.807, 2.05) is 12.1 Å². The summed E-state index contributed by atoms with van der Waals surface area (Å²) < 4.78 is 13.6. The van der Waals surface area contributed by atoms with Gasteiger partial charge in [0, 0.05) is 27.9 Å². The molecule has 0 fully saturated rings. The van der Waals surface area contributed by atoms with Gasteiger partial charge in [0.05, 0.1) is 5.75 Å². The predicted molar refractivity (Wildman–Crippen MR) is 90.9 cm³/mol. The Bertz CT molecular complexity index is 629. The first kappa shape index (κ1) is 17.1. The second kappa shape index (κ2) is 8.42. The highest BCUT2D eigenvalue weighted by Crippen LogP contribution is 2.23. The average Bonchev–Trinajstić information content (AvgIpc) is 2.50. The standard InChI is InChI=1S/C16H14Cl2FNOS/c17-12-6-4-11(5-7-12)8-20-16(21)10-22-9-13-14(18)2-1-3-15(13)19/h1-7H,8-10H2,(H,20,21). The van der Waals surface area contributed by atoms with E-state index in [1.165, 1.54) is 17.8 Å². The van der Waals surface area contributed by atoms with Crippen molar-refractivity contribution in [2.75, 3.05) is 5.75 Å². The van der Waals surface area contributed by atoms with Crippen molar-refractivity contribution in [1.82, 2.24) is 5.32 Å². The fourth-order valence-corrected chi connectivity index (χ4v) is 3.09. The highest BCUT2D eigenvalue weighted by Gasteiger charge is 2.08. The summed E-state index contributed by atoms with van der Waals surface area (Å²) in [6.45, 7) is 0.441. The van der Waals surface area contributed by atoms with E-state index in [2.05, 4.69) is 5.32 Å². The molecule has 0 spiro atoms. The largest absolute Gasteiger partial charge is 0.351 e. The van der Waals surface area contributed by atoms with Crippen LogP contribution in [0.15, 0.2) is 42.5 Å². The van der Waals surface area contributed by atoms with E-state index >= 15 is 0 Å². The predicted octanol–water partition coefficient (Wildman–Crippen LogP) is 4.68. The van der Waals surface area contributed by atoms with Crippen molar-refractivity contribution in [3.63, 3.8) is 0 Å². The Morgan fingerprint density at radius 1 is 1.14 bits per heavy atom. The average molecular weight is 358 g/mol. The van der Waals surface area contributed by atoms with Crippen molar-refractivity contribution in [1.29, 1.82) is 0 Å². The summed E-state index contributed by atoms with van der Waals surface area (Å²) in [7, 11) is 0. The number of rotatable bonds is 6. The van der Waals surface area contributed by atoms with Crippen molar-refractivity contribution in [3.8, 4) is 0 Å². The lowest BCUT2D eigenvalue weighted by molar-refractivity contribution is -0.118. The van der Waals surface area contributed by atoms with Crippen LogP contribution in [0.2, 0.25) is 10.0 Å². The van der Waals surface area contributed by atoms with E-state index < -0.39 is 0 Å². The van der Waals surface area contributed by atoms with Gasteiger partial charge in [-0.05, 0) is 29.8 Å². The molecular weight excluding hydrogens is 344 g/mol. The second-order valence-corrected chi connectivity index (χ2v) is 6.43. The van der Waals surface area contributed by atoms with Crippen LogP contribution in [0.4, 0.5) is 4.39 Å². The maximum Gasteiger partial charge on any atom is 0.230 e. The van der Waals surface area contributed by atoms with Crippen LogP contribution in [0.25, 0.3) is 0 Å². The number of hydrogen-bond donors (Lipinski definition) is 1. The molecule has 0 saturated heterocycles. The van der Waals surface area contributed by atoms with Gasteiger partial charge in [-0.2, -0.15) is 0 Å². The van der Waals surface area contributed by atoms with Crippen LogP contribution < -0.4 is 5.32 Å². The van der Waals surface area contributed by atoms with Crippen LogP contribution in [0.1, 0.15) is 11.1 Å². The smallest absolute Gasteiger partial charge is 0.230 e. The van der Waals surface area contributed by atoms with E-state index in [-0.39, 0.29) is 17.5 Å². The Labute approximate surface area is 143 Å². The van der Waals surface area contributed by atoms with Gasteiger partial charge in [0.2, 0.25) is 5.91 Å². The van der Waals surface area contributed by atoms with Crippen molar-refractivity contribution in [2.24, 2.45) is 0 Å². The normalized spacial score (nSPS) is 10.5. The molecule has 0 saturated carbocycles. The van der Waals surface area contributed by atoms with E-state index in [1.54, 1.807) is 24.3 Å². The van der Waals surface area contributed by atoms with Crippen LogP contribution in [-0.4, -0.2) is 11.7 Å². The number of halogens is 3. The fraction of sp³-hybridized carbons (Fsp3) is 0.188. The van der Waals surface area contributed by atoms with Crippen LogP contribution in [-0.2, 0) is 17.1 Å². The molecule has 2 aromatic rings. The fourth-order valence-electron chi connectivity index (χ4n) is 1.77. The highest BCUT2D eigenvalue weighted by molar-refractivity contribution is 7.99. The zero-order valence-electron chi connectivity index (χ0n) is 11.6. The molecule has 2 nitrogen and oxygen atoms in total. The number of carbonyl (C=O) groups is 1. The molecule has 2 aromatic carbocycles. The molecule has 1 amide bonds. The van der Waals surface area contributed by atoms with Crippen LogP contribution in [0.5, 0.6) is 0 Å². The van der Waals surface area contributed by atoms with E-state index in [0.717, 1.165) is 5.56 Å². The van der Waals surface area contributed by atoms with Gasteiger partial charge in [-0.25, -0.2) is 4.39 Å². The number of nitrogens with one attached hydrogen (secondary N) is 1. The lowest BCUT2D eigenvalue weighted by atomic mass is 10.2. The van der Waals surface area contributed by atoms with E-state index in [0.29, 0.717) is 27.9 Å². The first-order chi connectivity index (χ1) is 10.6. The third-order valence-corrected chi connectivity index (χ3v) is 4.51. The first-order valence-corrected chi connectivity index (χ1v) is 8.49. The van der Waals surface area contributed by atoms with Gasteiger partial charge < -0.3 is 5.32 Å². The molecule has 116 valence electrons. The summed E-state index contributed by atoms with van der Waals surface area (Å²) in [6, 6.07) is 11.8. The molecule has 0 atom stereocenters. The Balaban J connectivity index is 1.75. The Morgan fingerprint density at radius 3 is 2.55 bits per heavy atom. The van der Waals surface area contributed by atoms with Gasteiger partial charge in [0.25, 0.3) is 0 Å². The van der Waals surface area contributed by atoms with Gasteiger partial charge in [0.15, 0.2) is 0 Å². The molecule has 0 aromatic heterocycles. The molecule has 0 aliphatic carbocycles. The van der Waals surface area contributed by atoms with Gasteiger partial charge >= 0.3 is 0 Å². The monoisotopic (exact) mass is 357 g/mol. The number of carbonyl (C=O) groups excluding carboxylic acids is 1. The third-order valence-electron chi connectivity index (χ3n) is 2.94. The van der Waals surface area contributed by atoms with Crippen LogP contribution >= 0.6 is 35.0 Å². The Kier molecular flexibility index (Phi) is 6.55. The molecule has 0 aliphatic heterocycles. The lowest BCUT2D eigenvalue weighted by Crippen LogP contribution is -2.24. The van der Waals surface area contributed by atoms with Gasteiger partial charge in [0.1, 0.15) is 5.82 Å². The zero-order chi connectivity index (χ0) is 15.9. The molecule has 0 radical (unpaired) electrons. The molecule has 0 bridgehead atoms. The van der Waals surface area contributed by atoms with Gasteiger partial charge in [-0.1, -0.05) is 41.4 Å². The van der Waals surface area contributed by atoms with E-state index in [9.17, 15) is 9.18 Å². The minimum absolute atomic E-state index is 0.104. The molecule has 0 aliphatic rings. The summed E-state index contributed by atoms with van der Waals surface area (Å²) in [5.41, 5.74) is 1.40. The Hall–Kier alpha value is -1.23. The molecule has 1 N–H and O–H groups in total. The molecule has 6 heteroatoms. The Morgan fingerprint density at radius 2 is 1.86 bits per heavy atom.